The van der Waals surface area contributed by atoms with E-state index in [0.717, 1.165) is 29.0 Å². The van der Waals surface area contributed by atoms with Crippen molar-refractivity contribution in [1.82, 2.24) is 0 Å². The van der Waals surface area contributed by atoms with Crippen LogP contribution in [0.25, 0.3) is 0 Å². The third kappa shape index (κ3) is 3.18. The maximum atomic E-state index is 6.36. The summed E-state index contributed by atoms with van der Waals surface area (Å²) in [4.78, 5) is 0. The summed E-state index contributed by atoms with van der Waals surface area (Å²) in [6.45, 7) is 4.72. The molecule has 116 valence electrons. The zero-order valence-corrected chi connectivity index (χ0v) is 13.3. The third-order valence-electron chi connectivity index (χ3n) is 5.09. The van der Waals surface area contributed by atoms with Gasteiger partial charge in [0.1, 0.15) is 12.4 Å². The maximum absolute atomic E-state index is 6.36. The molecule has 21 heavy (non-hydrogen) atoms. The minimum absolute atomic E-state index is 0.179. The summed E-state index contributed by atoms with van der Waals surface area (Å²) in [6, 6.07) is 4.03. The second-order valence-electron chi connectivity index (χ2n) is 6.81. The van der Waals surface area contributed by atoms with Gasteiger partial charge in [-0.2, -0.15) is 0 Å². The lowest BCUT2D eigenvalue weighted by Crippen LogP contribution is -2.32. The fourth-order valence-electron chi connectivity index (χ4n) is 3.73. The Kier molecular flexibility index (Phi) is 4.12. The van der Waals surface area contributed by atoms with Crippen LogP contribution in [0.1, 0.15) is 56.1 Å². The molecule has 1 aromatic carbocycles. The van der Waals surface area contributed by atoms with Gasteiger partial charge in [0.2, 0.25) is 0 Å². The van der Waals surface area contributed by atoms with Crippen molar-refractivity contribution >= 4 is 5.69 Å². The average molecular weight is 289 g/mol. The molecule has 0 aromatic heterocycles. The average Bonchev–Trinajstić information content (AvgIpc) is 2.85. The van der Waals surface area contributed by atoms with Crippen LogP contribution in [0.3, 0.4) is 0 Å². The quantitative estimate of drug-likeness (QED) is 0.850. The van der Waals surface area contributed by atoms with Crippen LogP contribution >= 0.6 is 0 Å². The molecule has 1 saturated heterocycles. The Balaban J connectivity index is 1.58. The van der Waals surface area contributed by atoms with Gasteiger partial charge in [0.05, 0.1) is 11.7 Å². The number of hydrogen-bond donors (Lipinski definition) is 1. The van der Waals surface area contributed by atoms with Crippen molar-refractivity contribution in [3.63, 3.8) is 0 Å². The number of anilines is 1. The summed E-state index contributed by atoms with van der Waals surface area (Å²) in [7, 11) is 0. The Morgan fingerprint density at radius 2 is 1.90 bits per heavy atom. The number of aryl methyl sites for hydroxylation is 2. The molecule has 1 aliphatic heterocycles. The molecule has 0 radical (unpaired) electrons. The Bertz CT molecular complexity index is 506. The van der Waals surface area contributed by atoms with Gasteiger partial charge < -0.3 is 15.2 Å². The SMILES string of the molecule is Cc1cc(OCC2CCC3(CCCCC3)O2)c(C)cc1N. The minimum Gasteiger partial charge on any atom is -0.491 e. The highest BCUT2D eigenvalue weighted by molar-refractivity contribution is 5.53. The number of ether oxygens (including phenoxy) is 2. The van der Waals surface area contributed by atoms with E-state index in [1.807, 2.05) is 26.0 Å². The molecule has 1 saturated carbocycles. The van der Waals surface area contributed by atoms with E-state index < -0.39 is 0 Å². The van der Waals surface area contributed by atoms with E-state index in [1.165, 1.54) is 38.5 Å². The summed E-state index contributed by atoms with van der Waals surface area (Å²) in [6.07, 6.45) is 9.09. The van der Waals surface area contributed by atoms with E-state index in [2.05, 4.69) is 0 Å². The molecule has 1 aliphatic carbocycles. The van der Waals surface area contributed by atoms with Gasteiger partial charge in [-0.05, 0) is 62.8 Å². The number of nitrogen functional groups attached to an aromatic ring is 1. The van der Waals surface area contributed by atoms with Gasteiger partial charge in [-0.3, -0.25) is 0 Å². The molecular weight excluding hydrogens is 262 g/mol. The van der Waals surface area contributed by atoms with Crippen LogP contribution in [0.4, 0.5) is 5.69 Å². The molecule has 1 aromatic rings. The normalized spacial score (nSPS) is 24.4. The highest BCUT2D eigenvalue weighted by Crippen LogP contribution is 2.42. The van der Waals surface area contributed by atoms with E-state index in [9.17, 15) is 0 Å². The lowest BCUT2D eigenvalue weighted by molar-refractivity contribution is -0.0749. The largest absolute Gasteiger partial charge is 0.491 e. The molecule has 0 bridgehead atoms. The van der Waals surface area contributed by atoms with Crippen LogP contribution in [-0.2, 0) is 4.74 Å². The van der Waals surface area contributed by atoms with Crippen molar-refractivity contribution in [2.45, 2.75) is 70.5 Å². The van der Waals surface area contributed by atoms with Crippen LogP contribution in [0.5, 0.6) is 5.75 Å². The lowest BCUT2D eigenvalue weighted by Gasteiger charge is -2.33. The van der Waals surface area contributed by atoms with Gasteiger partial charge in [-0.25, -0.2) is 0 Å². The molecule has 1 heterocycles. The summed E-state index contributed by atoms with van der Waals surface area (Å²) in [5, 5.41) is 0. The molecule has 0 amide bonds. The molecular formula is C18H27NO2. The van der Waals surface area contributed by atoms with Crippen LogP contribution in [0.15, 0.2) is 12.1 Å². The van der Waals surface area contributed by atoms with Crippen LogP contribution in [0.2, 0.25) is 0 Å². The van der Waals surface area contributed by atoms with Gasteiger partial charge in [-0.15, -0.1) is 0 Å². The second kappa shape index (κ2) is 5.88. The third-order valence-corrected chi connectivity index (χ3v) is 5.09. The molecule has 3 nitrogen and oxygen atoms in total. The smallest absolute Gasteiger partial charge is 0.122 e. The van der Waals surface area contributed by atoms with E-state index in [-0.39, 0.29) is 11.7 Å². The predicted molar refractivity (Wildman–Crippen MR) is 85.7 cm³/mol. The Morgan fingerprint density at radius 3 is 2.67 bits per heavy atom. The molecule has 3 rings (SSSR count). The molecule has 2 aliphatic rings. The van der Waals surface area contributed by atoms with E-state index in [0.29, 0.717) is 6.61 Å². The van der Waals surface area contributed by atoms with Crippen LogP contribution < -0.4 is 10.5 Å². The maximum Gasteiger partial charge on any atom is 0.122 e. The zero-order valence-electron chi connectivity index (χ0n) is 13.3. The number of benzene rings is 1. The highest BCUT2D eigenvalue weighted by atomic mass is 16.6. The minimum atomic E-state index is 0.179. The van der Waals surface area contributed by atoms with Crippen molar-refractivity contribution in [3.05, 3.63) is 23.3 Å². The molecule has 2 N–H and O–H groups in total. The zero-order chi connectivity index (χ0) is 14.9. The Hall–Kier alpha value is -1.22. The Labute approximate surface area is 127 Å². The van der Waals surface area contributed by atoms with E-state index >= 15 is 0 Å². The van der Waals surface area contributed by atoms with Gasteiger partial charge in [0, 0.05) is 5.69 Å². The highest BCUT2D eigenvalue weighted by Gasteiger charge is 2.40. The number of nitrogens with two attached hydrogens (primary N) is 1. The van der Waals surface area contributed by atoms with Gasteiger partial charge >= 0.3 is 0 Å². The lowest BCUT2D eigenvalue weighted by atomic mass is 9.83. The predicted octanol–water partition coefficient (Wildman–Crippen LogP) is 4.15. The topological polar surface area (TPSA) is 44.5 Å². The summed E-state index contributed by atoms with van der Waals surface area (Å²) in [5.74, 6) is 0.940. The van der Waals surface area contributed by atoms with Crippen LogP contribution in [0, 0.1) is 13.8 Å². The fraction of sp³-hybridized carbons (Fsp3) is 0.667. The first-order valence-corrected chi connectivity index (χ1v) is 8.25. The first-order chi connectivity index (χ1) is 10.1. The van der Waals surface area contributed by atoms with Gasteiger partial charge in [0.25, 0.3) is 0 Å². The van der Waals surface area contributed by atoms with Crippen molar-refractivity contribution in [2.75, 3.05) is 12.3 Å². The van der Waals surface area contributed by atoms with Crippen molar-refractivity contribution in [2.24, 2.45) is 0 Å². The van der Waals surface area contributed by atoms with E-state index in [4.69, 9.17) is 15.2 Å². The Morgan fingerprint density at radius 1 is 1.14 bits per heavy atom. The molecule has 1 spiro atoms. The summed E-state index contributed by atoms with van der Waals surface area (Å²) in [5.41, 5.74) is 9.11. The molecule has 1 atom stereocenters. The molecule has 2 fully saturated rings. The van der Waals surface area contributed by atoms with Crippen molar-refractivity contribution in [3.8, 4) is 5.75 Å². The molecule has 1 unspecified atom stereocenters. The second-order valence-corrected chi connectivity index (χ2v) is 6.81. The van der Waals surface area contributed by atoms with Crippen LogP contribution in [-0.4, -0.2) is 18.3 Å². The first kappa shape index (κ1) is 14.7. The van der Waals surface area contributed by atoms with Gasteiger partial charge in [0.15, 0.2) is 0 Å². The van der Waals surface area contributed by atoms with Gasteiger partial charge in [-0.1, -0.05) is 19.3 Å². The number of rotatable bonds is 3. The monoisotopic (exact) mass is 289 g/mol. The summed E-state index contributed by atoms with van der Waals surface area (Å²) < 4.78 is 12.4. The fourth-order valence-corrected chi connectivity index (χ4v) is 3.73. The van der Waals surface area contributed by atoms with Crippen molar-refractivity contribution in [1.29, 1.82) is 0 Å². The standard InChI is InChI=1S/C18H27NO2/c1-13-11-17(14(2)10-16(13)19)20-12-15-6-9-18(21-15)7-4-3-5-8-18/h10-11,15H,3-9,12,19H2,1-2H3. The first-order valence-electron chi connectivity index (χ1n) is 8.25. The van der Waals surface area contributed by atoms with E-state index in [1.54, 1.807) is 0 Å². The van der Waals surface area contributed by atoms with Crippen molar-refractivity contribution < 1.29 is 9.47 Å². The summed E-state index contributed by atoms with van der Waals surface area (Å²) >= 11 is 0. The number of hydrogen-bond acceptors (Lipinski definition) is 3. The molecule has 3 heteroatoms.